The van der Waals surface area contributed by atoms with Crippen LogP contribution in [0.4, 0.5) is 17.1 Å². The van der Waals surface area contributed by atoms with Gasteiger partial charge in [-0.25, -0.2) is 0 Å². The monoisotopic (exact) mass is 372 g/mol. The van der Waals surface area contributed by atoms with E-state index in [1.54, 1.807) is 37.4 Å². The third-order valence-corrected chi connectivity index (χ3v) is 3.73. The van der Waals surface area contributed by atoms with Gasteiger partial charge in [-0.2, -0.15) is 5.26 Å². The van der Waals surface area contributed by atoms with Crippen LogP contribution in [-0.2, 0) is 4.79 Å². The minimum Gasteiger partial charge on any atom is -0.497 e. The van der Waals surface area contributed by atoms with Gasteiger partial charge < -0.3 is 25.8 Å². The van der Waals surface area contributed by atoms with E-state index >= 15 is 0 Å². The predicted octanol–water partition coefficient (Wildman–Crippen LogP) is 3.40. The molecule has 0 heterocycles. The second-order valence-electron chi connectivity index (χ2n) is 5.07. The number of rotatable bonds is 6. The molecule has 0 radical (unpaired) electrons. The van der Waals surface area contributed by atoms with Crippen molar-refractivity contribution in [2.24, 2.45) is 0 Å². The molecule has 0 aliphatic carbocycles. The molecule has 134 valence electrons. The number of nitrogens with two attached hydrogens (primary N) is 1. The first kappa shape index (κ1) is 19.0. The van der Waals surface area contributed by atoms with Crippen LogP contribution in [0.15, 0.2) is 48.2 Å². The molecule has 0 saturated carbocycles. The van der Waals surface area contributed by atoms with Crippen LogP contribution in [0.1, 0.15) is 0 Å². The molecule has 0 aromatic heterocycles. The molecular formula is C18H17ClN4O3. The van der Waals surface area contributed by atoms with E-state index in [1.165, 1.54) is 19.4 Å². The summed E-state index contributed by atoms with van der Waals surface area (Å²) in [4.78, 5) is 12.2. The van der Waals surface area contributed by atoms with Crippen molar-refractivity contribution in [3.05, 3.63) is 53.2 Å². The standard InChI is InChI=1S/C18H17ClN4O3/c1-25-13-4-6-16(17(8-13)26-2)22-10-11(9-20)18(24)23-12-3-5-15(21)14(19)7-12/h3-8,10,22H,21H2,1-2H3,(H,23,24)/b11-10-. The van der Waals surface area contributed by atoms with E-state index in [-0.39, 0.29) is 5.57 Å². The molecule has 0 aliphatic rings. The van der Waals surface area contributed by atoms with Crippen LogP contribution in [-0.4, -0.2) is 20.1 Å². The van der Waals surface area contributed by atoms with Gasteiger partial charge in [0.15, 0.2) is 0 Å². The number of nitrogens with zero attached hydrogens (tertiary/aromatic N) is 1. The zero-order valence-electron chi connectivity index (χ0n) is 14.2. The lowest BCUT2D eigenvalue weighted by Crippen LogP contribution is -2.14. The van der Waals surface area contributed by atoms with Crippen LogP contribution >= 0.6 is 11.6 Å². The van der Waals surface area contributed by atoms with Crippen LogP contribution < -0.4 is 25.8 Å². The number of halogens is 1. The molecule has 26 heavy (non-hydrogen) atoms. The summed E-state index contributed by atoms with van der Waals surface area (Å²) in [6.45, 7) is 0. The summed E-state index contributed by atoms with van der Waals surface area (Å²) in [6, 6.07) is 11.6. The lowest BCUT2D eigenvalue weighted by molar-refractivity contribution is -0.112. The average molecular weight is 373 g/mol. The summed E-state index contributed by atoms with van der Waals surface area (Å²) in [7, 11) is 3.05. The van der Waals surface area contributed by atoms with Crippen LogP contribution in [0.2, 0.25) is 5.02 Å². The fraction of sp³-hybridized carbons (Fsp3) is 0.111. The molecule has 1 amide bonds. The second-order valence-corrected chi connectivity index (χ2v) is 5.48. The number of hydrogen-bond donors (Lipinski definition) is 3. The third-order valence-electron chi connectivity index (χ3n) is 3.40. The SMILES string of the molecule is COc1ccc(N/C=C(/C#N)C(=O)Nc2ccc(N)c(Cl)c2)c(OC)c1. The normalized spacial score (nSPS) is 10.6. The Morgan fingerprint density at radius 1 is 1.23 bits per heavy atom. The molecule has 2 rings (SSSR count). The van der Waals surface area contributed by atoms with Crippen LogP contribution in [0.25, 0.3) is 0 Å². The summed E-state index contributed by atoms with van der Waals surface area (Å²) >= 11 is 5.92. The first-order valence-electron chi connectivity index (χ1n) is 7.43. The van der Waals surface area contributed by atoms with Crippen molar-refractivity contribution >= 4 is 34.6 Å². The summed E-state index contributed by atoms with van der Waals surface area (Å²) < 4.78 is 10.4. The van der Waals surface area contributed by atoms with Crippen molar-refractivity contribution in [3.8, 4) is 17.6 Å². The maximum absolute atomic E-state index is 12.2. The summed E-state index contributed by atoms with van der Waals surface area (Å²) in [6.07, 6.45) is 1.29. The maximum atomic E-state index is 12.2. The molecule has 0 aliphatic heterocycles. The molecule has 0 saturated heterocycles. The number of ether oxygens (including phenoxy) is 2. The van der Waals surface area contributed by atoms with Crippen molar-refractivity contribution in [1.82, 2.24) is 0 Å². The van der Waals surface area contributed by atoms with Gasteiger partial charge in [-0.3, -0.25) is 4.79 Å². The average Bonchev–Trinajstić information content (AvgIpc) is 2.65. The van der Waals surface area contributed by atoms with Gasteiger partial charge in [-0.15, -0.1) is 0 Å². The Labute approximate surface area is 156 Å². The second kappa shape index (κ2) is 8.65. The van der Waals surface area contributed by atoms with Crippen molar-refractivity contribution in [2.45, 2.75) is 0 Å². The number of anilines is 3. The molecular weight excluding hydrogens is 356 g/mol. The number of nitrogens with one attached hydrogen (secondary N) is 2. The first-order chi connectivity index (χ1) is 12.5. The molecule has 0 spiro atoms. The Morgan fingerprint density at radius 3 is 2.62 bits per heavy atom. The maximum Gasteiger partial charge on any atom is 0.267 e. The van der Waals surface area contributed by atoms with Gasteiger partial charge in [0.05, 0.1) is 30.6 Å². The number of benzene rings is 2. The fourth-order valence-corrected chi connectivity index (χ4v) is 2.20. The molecule has 2 aromatic carbocycles. The summed E-state index contributed by atoms with van der Waals surface area (Å²) in [5.41, 5.74) is 6.90. The number of carbonyl (C=O) groups excluding carboxylic acids is 1. The zero-order valence-corrected chi connectivity index (χ0v) is 14.9. The van der Waals surface area contributed by atoms with E-state index < -0.39 is 5.91 Å². The minimum atomic E-state index is -0.590. The van der Waals surface area contributed by atoms with Crippen LogP contribution in [0.5, 0.6) is 11.5 Å². The molecule has 0 atom stereocenters. The number of nitrogen functional groups attached to an aromatic ring is 1. The Bertz CT molecular complexity index is 890. The molecule has 4 N–H and O–H groups in total. The Kier molecular flexibility index (Phi) is 6.31. The Morgan fingerprint density at radius 2 is 2.00 bits per heavy atom. The van der Waals surface area contributed by atoms with Crippen molar-refractivity contribution < 1.29 is 14.3 Å². The van der Waals surface area contributed by atoms with Gasteiger partial charge in [0, 0.05) is 18.0 Å². The summed E-state index contributed by atoms with van der Waals surface area (Å²) in [5.74, 6) is 0.534. The van der Waals surface area contributed by atoms with Gasteiger partial charge in [0.1, 0.15) is 23.1 Å². The molecule has 0 fully saturated rings. The van der Waals surface area contributed by atoms with Crippen molar-refractivity contribution in [1.29, 1.82) is 5.26 Å². The Hall–Kier alpha value is -3.37. The van der Waals surface area contributed by atoms with E-state index in [1.807, 2.05) is 6.07 Å². The highest BCUT2D eigenvalue weighted by Gasteiger charge is 2.11. The quantitative estimate of drug-likeness (QED) is 0.407. The molecule has 0 unspecified atom stereocenters. The number of methoxy groups -OCH3 is 2. The van der Waals surface area contributed by atoms with E-state index in [9.17, 15) is 10.1 Å². The lowest BCUT2D eigenvalue weighted by Gasteiger charge is -2.10. The largest absolute Gasteiger partial charge is 0.497 e. The molecule has 7 nitrogen and oxygen atoms in total. The lowest BCUT2D eigenvalue weighted by atomic mass is 10.2. The van der Waals surface area contributed by atoms with E-state index in [2.05, 4.69) is 10.6 Å². The van der Waals surface area contributed by atoms with Crippen molar-refractivity contribution in [2.75, 3.05) is 30.6 Å². The molecule has 8 heteroatoms. The number of hydrogen-bond acceptors (Lipinski definition) is 6. The smallest absolute Gasteiger partial charge is 0.267 e. The number of nitriles is 1. The van der Waals surface area contributed by atoms with Crippen molar-refractivity contribution in [3.63, 3.8) is 0 Å². The molecule has 2 aromatic rings. The van der Waals surface area contributed by atoms with Gasteiger partial charge in [-0.05, 0) is 30.3 Å². The third kappa shape index (κ3) is 4.59. The van der Waals surface area contributed by atoms with E-state index in [0.29, 0.717) is 33.6 Å². The number of carbonyl (C=O) groups is 1. The van der Waals surface area contributed by atoms with Gasteiger partial charge in [0.2, 0.25) is 0 Å². The van der Waals surface area contributed by atoms with Gasteiger partial charge in [-0.1, -0.05) is 11.6 Å². The number of amides is 1. The van der Waals surface area contributed by atoms with Crippen LogP contribution in [0, 0.1) is 11.3 Å². The highest BCUT2D eigenvalue weighted by atomic mass is 35.5. The first-order valence-corrected chi connectivity index (χ1v) is 7.81. The fourth-order valence-electron chi connectivity index (χ4n) is 2.02. The highest BCUT2D eigenvalue weighted by molar-refractivity contribution is 6.33. The van der Waals surface area contributed by atoms with E-state index in [4.69, 9.17) is 26.8 Å². The van der Waals surface area contributed by atoms with Gasteiger partial charge >= 0.3 is 0 Å². The van der Waals surface area contributed by atoms with Crippen LogP contribution in [0.3, 0.4) is 0 Å². The Balaban J connectivity index is 2.15. The predicted molar refractivity (Wildman–Crippen MR) is 101 cm³/mol. The minimum absolute atomic E-state index is 0.129. The van der Waals surface area contributed by atoms with Gasteiger partial charge in [0.25, 0.3) is 5.91 Å². The van der Waals surface area contributed by atoms with E-state index in [0.717, 1.165) is 0 Å². The zero-order chi connectivity index (χ0) is 19.1. The highest BCUT2D eigenvalue weighted by Crippen LogP contribution is 2.29. The topological polar surface area (TPSA) is 109 Å². The molecule has 0 bridgehead atoms. The summed E-state index contributed by atoms with van der Waals surface area (Å²) in [5, 5.41) is 15.0.